The Labute approximate surface area is 198 Å². The predicted molar refractivity (Wildman–Crippen MR) is 135 cm³/mol. The number of nitrogens with zero attached hydrogens (tertiary/aromatic N) is 3. The summed E-state index contributed by atoms with van der Waals surface area (Å²) in [6.07, 6.45) is 12.7. The van der Waals surface area contributed by atoms with Crippen LogP contribution >= 0.6 is 0 Å². The van der Waals surface area contributed by atoms with Gasteiger partial charge in [0.25, 0.3) is 5.91 Å². The average Bonchev–Trinajstić information content (AvgIpc) is 3.03. The highest BCUT2D eigenvalue weighted by atomic mass is 19.1. The molecule has 1 fully saturated rings. The quantitative estimate of drug-likeness (QED) is 0.495. The molecule has 2 aliphatic rings. The Hall–Kier alpha value is -2.69. The molecule has 3 rings (SSSR count). The molecule has 5 heteroatoms. The number of hydrogen-bond donors (Lipinski definition) is 0. The van der Waals surface area contributed by atoms with Crippen molar-refractivity contribution < 1.29 is 9.18 Å². The van der Waals surface area contributed by atoms with Gasteiger partial charge in [-0.2, -0.15) is 0 Å². The maximum absolute atomic E-state index is 14.9. The van der Waals surface area contributed by atoms with Crippen LogP contribution in [0.4, 0.5) is 4.39 Å². The van der Waals surface area contributed by atoms with Gasteiger partial charge in [0.1, 0.15) is 17.3 Å². The highest BCUT2D eigenvalue weighted by molar-refractivity contribution is 6.43. The van der Waals surface area contributed by atoms with Crippen molar-refractivity contribution in [1.82, 2.24) is 9.80 Å². The van der Waals surface area contributed by atoms with Gasteiger partial charge < -0.3 is 9.80 Å². The number of halogens is 1. The van der Waals surface area contributed by atoms with Gasteiger partial charge in [-0.05, 0) is 68.9 Å². The van der Waals surface area contributed by atoms with Crippen molar-refractivity contribution in [2.45, 2.75) is 78.7 Å². The van der Waals surface area contributed by atoms with Crippen LogP contribution in [0, 0.1) is 5.82 Å². The number of allylic oxidation sites excluding steroid dienone is 4. The number of aryl methyl sites for hydroxylation is 1. The Balaban J connectivity index is 1.97. The van der Waals surface area contributed by atoms with Gasteiger partial charge in [-0.3, -0.25) is 4.79 Å². The summed E-state index contributed by atoms with van der Waals surface area (Å²) in [5.74, 6) is 0.422. The molecule has 1 aromatic carbocycles. The first kappa shape index (κ1) is 24.9. The topological polar surface area (TPSA) is 35.9 Å². The molecule has 1 atom stereocenters. The molecule has 1 amide bonds. The number of rotatable bonds is 6. The summed E-state index contributed by atoms with van der Waals surface area (Å²) < 4.78 is 14.9. The smallest absolute Gasteiger partial charge is 0.272 e. The van der Waals surface area contributed by atoms with Crippen LogP contribution in [0.15, 0.2) is 52.9 Å². The lowest BCUT2D eigenvalue weighted by molar-refractivity contribution is -0.125. The summed E-state index contributed by atoms with van der Waals surface area (Å²) in [6.45, 7) is 8.97. The lowest BCUT2D eigenvalue weighted by Gasteiger charge is -2.31. The van der Waals surface area contributed by atoms with E-state index in [9.17, 15) is 9.18 Å². The van der Waals surface area contributed by atoms with Crippen LogP contribution in [0.3, 0.4) is 0 Å². The van der Waals surface area contributed by atoms with E-state index in [2.05, 4.69) is 20.8 Å². The molecule has 1 aromatic rings. The van der Waals surface area contributed by atoms with E-state index in [1.165, 1.54) is 0 Å². The number of amides is 1. The van der Waals surface area contributed by atoms with Crippen molar-refractivity contribution in [3.05, 3.63) is 64.9 Å². The molecule has 0 spiro atoms. The van der Waals surface area contributed by atoms with Crippen molar-refractivity contribution in [3.63, 3.8) is 0 Å². The number of aliphatic imine (C=N–C) groups is 1. The molecule has 2 heterocycles. The number of carbonyl (C=O) groups excluding carboxylic acids is 1. The van der Waals surface area contributed by atoms with Gasteiger partial charge in [-0.1, -0.05) is 51.3 Å². The van der Waals surface area contributed by atoms with E-state index in [1.807, 2.05) is 54.1 Å². The van der Waals surface area contributed by atoms with Crippen LogP contribution in [0.2, 0.25) is 0 Å². The lowest BCUT2D eigenvalue weighted by atomic mass is 10.0. The first-order valence-corrected chi connectivity index (χ1v) is 12.4. The van der Waals surface area contributed by atoms with E-state index < -0.39 is 0 Å². The zero-order chi connectivity index (χ0) is 24.0. The highest BCUT2D eigenvalue weighted by Gasteiger charge is 2.28. The van der Waals surface area contributed by atoms with Crippen LogP contribution in [-0.2, 0) is 11.2 Å². The highest BCUT2D eigenvalue weighted by Crippen LogP contribution is 2.28. The lowest BCUT2D eigenvalue weighted by Crippen LogP contribution is -2.43. The minimum Gasteiger partial charge on any atom is -0.335 e. The summed E-state index contributed by atoms with van der Waals surface area (Å²) >= 11 is 0. The van der Waals surface area contributed by atoms with E-state index in [1.54, 1.807) is 6.07 Å². The molecule has 0 saturated carbocycles. The monoisotopic (exact) mass is 451 g/mol. The summed E-state index contributed by atoms with van der Waals surface area (Å²) in [4.78, 5) is 22.2. The van der Waals surface area contributed by atoms with Gasteiger partial charge in [0.05, 0.1) is 0 Å². The van der Waals surface area contributed by atoms with E-state index in [0.717, 1.165) is 68.3 Å². The zero-order valence-corrected chi connectivity index (χ0v) is 20.8. The second kappa shape index (κ2) is 11.4. The molecule has 1 unspecified atom stereocenters. The normalized spacial score (nSPS) is 21.1. The third-order valence-electron chi connectivity index (χ3n) is 6.69. The van der Waals surface area contributed by atoms with E-state index in [0.29, 0.717) is 17.1 Å². The van der Waals surface area contributed by atoms with Crippen molar-refractivity contribution in [2.75, 3.05) is 13.6 Å². The van der Waals surface area contributed by atoms with Gasteiger partial charge in [0.15, 0.2) is 0 Å². The van der Waals surface area contributed by atoms with Gasteiger partial charge in [-0.15, -0.1) is 0 Å². The Morgan fingerprint density at radius 3 is 2.70 bits per heavy atom. The first-order chi connectivity index (χ1) is 15.9. The van der Waals surface area contributed by atoms with E-state index in [4.69, 9.17) is 4.99 Å². The van der Waals surface area contributed by atoms with Gasteiger partial charge >= 0.3 is 0 Å². The molecular formula is C28H38FN3O. The summed E-state index contributed by atoms with van der Waals surface area (Å²) in [5, 5.41) is 0. The fourth-order valence-corrected chi connectivity index (χ4v) is 4.63. The molecular weight excluding hydrogens is 413 g/mol. The second-order valence-electron chi connectivity index (χ2n) is 9.05. The maximum Gasteiger partial charge on any atom is 0.272 e. The number of likely N-dealkylation sites (tertiary alicyclic amines) is 1. The van der Waals surface area contributed by atoms with Crippen molar-refractivity contribution in [2.24, 2.45) is 4.99 Å². The van der Waals surface area contributed by atoms with Crippen molar-refractivity contribution >= 4 is 17.2 Å². The predicted octanol–water partition coefficient (Wildman–Crippen LogP) is 6.49. The molecule has 1 saturated heterocycles. The molecule has 2 aliphatic heterocycles. The summed E-state index contributed by atoms with van der Waals surface area (Å²) in [6, 6.07) is 5.68. The van der Waals surface area contributed by atoms with Gasteiger partial charge in [-0.25, -0.2) is 9.38 Å². The Kier molecular flexibility index (Phi) is 8.65. The second-order valence-corrected chi connectivity index (χ2v) is 9.05. The number of hydrogen-bond acceptors (Lipinski definition) is 3. The molecule has 0 bridgehead atoms. The first-order valence-electron chi connectivity index (χ1n) is 12.4. The molecule has 0 aliphatic carbocycles. The van der Waals surface area contributed by atoms with Gasteiger partial charge in [0, 0.05) is 30.9 Å². The maximum atomic E-state index is 14.9. The molecule has 178 valence electrons. The van der Waals surface area contributed by atoms with Crippen molar-refractivity contribution in [1.29, 1.82) is 0 Å². The minimum atomic E-state index is -0.228. The average molecular weight is 452 g/mol. The Morgan fingerprint density at radius 2 is 2.03 bits per heavy atom. The molecule has 0 radical (unpaired) electrons. The van der Waals surface area contributed by atoms with Crippen LogP contribution in [0.1, 0.15) is 77.3 Å². The SMILES string of the molecule is C/C=C(\C=C1\N=C(C(=O)N2CCCCCC2C)C=C(CC)N1C)c1ccc(CCC)cc1F. The standard InChI is InChI=1S/C28H38FN3O/c1-6-12-21-14-15-24(25(29)17-21)22(7-2)18-27-30-26(19-23(8-3)31(27)5)28(33)32-16-11-9-10-13-20(32)4/h7,14-15,17-20H,6,8-13,16H2,1-5H3/b22-7+,27-18-. The zero-order valence-electron chi connectivity index (χ0n) is 20.8. The van der Waals surface area contributed by atoms with Crippen LogP contribution < -0.4 is 0 Å². The summed E-state index contributed by atoms with van der Waals surface area (Å²) in [5.41, 5.74) is 3.81. The largest absolute Gasteiger partial charge is 0.335 e. The molecule has 4 nitrogen and oxygen atoms in total. The number of benzene rings is 1. The third-order valence-corrected chi connectivity index (χ3v) is 6.69. The van der Waals surface area contributed by atoms with Crippen LogP contribution in [0.25, 0.3) is 5.57 Å². The Morgan fingerprint density at radius 1 is 1.24 bits per heavy atom. The summed E-state index contributed by atoms with van der Waals surface area (Å²) in [7, 11) is 1.95. The minimum absolute atomic E-state index is 0.00789. The number of carbonyl (C=O) groups is 1. The molecule has 0 N–H and O–H groups in total. The van der Waals surface area contributed by atoms with Crippen molar-refractivity contribution in [3.8, 4) is 0 Å². The molecule has 33 heavy (non-hydrogen) atoms. The third kappa shape index (κ3) is 5.82. The van der Waals surface area contributed by atoms with Gasteiger partial charge in [0.2, 0.25) is 0 Å². The fourth-order valence-electron chi connectivity index (χ4n) is 4.63. The van der Waals surface area contributed by atoms with Crippen LogP contribution in [-0.4, -0.2) is 41.1 Å². The molecule has 0 aromatic heterocycles. The van der Waals surface area contributed by atoms with E-state index >= 15 is 0 Å². The Bertz CT molecular complexity index is 989. The van der Waals surface area contributed by atoms with E-state index in [-0.39, 0.29) is 17.8 Å². The fraction of sp³-hybridized carbons (Fsp3) is 0.500. The van der Waals surface area contributed by atoms with Crippen LogP contribution in [0.5, 0.6) is 0 Å².